The Morgan fingerprint density at radius 1 is 0.758 bits per heavy atom. The van der Waals surface area contributed by atoms with E-state index >= 15 is 0 Å². The zero-order valence-electron chi connectivity index (χ0n) is 18.9. The molecule has 0 aliphatic rings. The Balaban J connectivity index is 5.46. The summed E-state index contributed by atoms with van der Waals surface area (Å²) in [6.07, 6.45) is -2.16. The van der Waals surface area contributed by atoms with Gasteiger partial charge in [-0.15, -0.1) is 0 Å². The number of aliphatic hydroxyl groups is 1. The van der Waals surface area contributed by atoms with Gasteiger partial charge in [0, 0.05) is 12.8 Å². The first-order valence-corrected chi connectivity index (χ1v) is 10.3. The molecule has 0 aromatic rings. The quantitative estimate of drug-likeness (QED) is 0.116. The van der Waals surface area contributed by atoms with Gasteiger partial charge in [0.1, 0.15) is 12.1 Å². The Bertz CT molecular complexity index is 742. The van der Waals surface area contributed by atoms with E-state index in [1.54, 1.807) is 13.8 Å². The van der Waals surface area contributed by atoms with E-state index < -0.39 is 71.7 Å². The zero-order valence-corrected chi connectivity index (χ0v) is 18.9. The summed E-state index contributed by atoms with van der Waals surface area (Å²) >= 11 is 0. The minimum Gasteiger partial charge on any atom is -0.480 e. The van der Waals surface area contributed by atoms with Gasteiger partial charge in [0.15, 0.2) is 6.04 Å². The molecule has 0 saturated carbocycles. The van der Waals surface area contributed by atoms with E-state index in [-0.39, 0.29) is 25.7 Å². The van der Waals surface area contributed by atoms with E-state index in [1.807, 2.05) is 0 Å². The molecule has 0 rings (SSSR count). The van der Waals surface area contributed by atoms with Crippen molar-refractivity contribution in [1.82, 2.24) is 16.0 Å². The maximum Gasteiger partial charge on any atom is 0.328 e. The highest BCUT2D eigenvalue weighted by atomic mass is 16.4. The van der Waals surface area contributed by atoms with Crippen molar-refractivity contribution in [3.05, 3.63) is 0 Å². The van der Waals surface area contributed by atoms with Crippen LogP contribution in [0.5, 0.6) is 0 Å². The maximum absolute atomic E-state index is 12.8. The highest BCUT2D eigenvalue weighted by Crippen LogP contribution is 2.07. The Kier molecular flexibility index (Phi) is 12.6. The van der Waals surface area contributed by atoms with Crippen LogP contribution in [0.3, 0.4) is 0 Å². The van der Waals surface area contributed by atoms with Crippen LogP contribution in [0.1, 0.15) is 46.5 Å². The van der Waals surface area contributed by atoms with Gasteiger partial charge in [0.25, 0.3) is 0 Å². The van der Waals surface area contributed by atoms with E-state index in [0.29, 0.717) is 0 Å². The predicted octanol–water partition coefficient (Wildman–Crippen LogP) is -3.58. The number of nitrogens with two attached hydrogens (primary N) is 3. The molecule has 0 bridgehead atoms. The standard InChI is InChI=1S/C19H34N6O8/c1-8(2)14(24-16(29)10(20)4-6-12(21)27)18(31)23-11(5-7-13(22)28)17(30)25-15(9(3)26)19(32)33/h8-11,14-15,26H,4-7,20H2,1-3H3,(H2,21,27)(H2,22,28)(H,23,31)(H,24,29)(H,25,30)(H,32,33). The molecule has 0 saturated heterocycles. The molecule has 0 heterocycles. The average Bonchev–Trinajstić information content (AvgIpc) is 2.69. The number of carboxylic acids is 1. The van der Waals surface area contributed by atoms with E-state index in [2.05, 4.69) is 16.0 Å². The minimum absolute atomic E-state index is 0.0346. The summed E-state index contributed by atoms with van der Waals surface area (Å²) in [5, 5.41) is 25.6. The number of primary amides is 2. The Morgan fingerprint density at radius 2 is 1.24 bits per heavy atom. The zero-order chi connectivity index (χ0) is 25.9. The molecular formula is C19H34N6O8. The molecule has 0 spiro atoms. The number of rotatable bonds is 15. The summed E-state index contributed by atoms with van der Waals surface area (Å²) in [7, 11) is 0. The summed E-state index contributed by atoms with van der Waals surface area (Å²) in [6.45, 7) is 4.39. The molecular weight excluding hydrogens is 440 g/mol. The van der Waals surface area contributed by atoms with E-state index in [9.17, 15) is 33.9 Å². The van der Waals surface area contributed by atoms with Crippen LogP contribution in [-0.4, -0.2) is 76.0 Å². The van der Waals surface area contributed by atoms with Crippen LogP contribution in [0, 0.1) is 5.92 Å². The Labute approximate surface area is 191 Å². The van der Waals surface area contributed by atoms with E-state index in [4.69, 9.17) is 22.3 Å². The number of hydrogen-bond acceptors (Lipinski definition) is 8. The van der Waals surface area contributed by atoms with Gasteiger partial charge in [0.05, 0.1) is 12.1 Å². The fourth-order valence-corrected chi connectivity index (χ4v) is 2.68. The van der Waals surface area contributed by atoms with Crippen molar-refractivity contribution in [3.63, 3.8) is 0 Å². The summed E-state index contributed by atoms with van der Waals surface area (Å²) in [6, 6.07) is -5.29. The molecule has 5 atom stereocenters. The minimum atomic E-state index is -1.66. The highest BCUT2D eigenvalue weighted by molar-refractivity contribution is 5.94. The van der Waals surface area contributed by atoms with Gasteiger partial charge in [-0.1, -0.05) is 13.8 Å². The SMILES string of the molecule is CC(C)C(NC(=O)C(N)CCC(N)=O)C(=O)NC(CCC(N)=O)C(=O)NC(C(=O)O)C(C)O. The summed E-state index contributed by atoms with van der Waals surface area (Å²) < 4.78 is 0. The van der Waals surface area contributed by atoms with Crippen LogP contribution in [0.2, 0.25) is 0 Å². The molecule has 0 aromatic heterocycles. The topological polar surface area (TPSA) is 257 Å². The first kappa shape index (κ1) is 29.7. The van der Waals surface area contributed by atoms with Crippen molar-refractivity contribution >= 4 is 35.5 Å². The number of carbonyl (C=O) groups excluding carboxylic acids is 5. The molecule has 0 aliphatic carbocycles. The van der Waals surface area contributed by atoms with Crippen LogP contribution >= 0.6 is 0 Å². The molecule has 14 nitrogen and oxygen atoms in total. The molecule has 33 heavy (non-hydrogen) atoms. The second-order valence-corrected chi connectivity index (χ2v) is 7.97. The second kappa shape index (κ2) is 14.0. The van der Waals surface area contributed by atoms with Crippen LogP contribution in [0.15, 0.2) is 0 Å². The number of nitrogens with one attached hydrogen (secondary N) is 3. The van der Waals surface area contributed by atoms with Gasteiger partial charge >= 0.3 is 5.97 Å². The summed E-state index contributed by atoms with van der Waals surface area (Å²) in [5.41, 5.74) is 15.8. The third-order valence-corrected chi connectivity index (χ3v) is 4.64. The third kappa shape index (κ3) is 11.2. The molecule has 0 radical (unpaired) electrons. The number of carboxylic acid groups (broad SMARTS) is 1. The van der Waals surface area contributed by atoms with Crippen molar-refractivity contribution in [1.29, 1.82) is 0 Å². The van der Waals surface area contributed by atoms with E-state index in [1.165, 1.54) is 0 Å². The third-order valence-electron chi connectivity index (χ3n) is 4.64. The van der Waals surface area contributed by atoms with Gasteiger partial charge in [-0.3, -0.25) is 24.0 Å². The molecule has 5 amide bonds. The van der Waals surface area contributed by atoms with Crippen molar-refractivity contribution in [2.24, 2.45) is 23.1 Å². The first-order chi connectivity index (χ1) is 15.2. The molecule has 0 aromatic carbocycles. The predicted molar refractivity (Wildman–Crippen MR) is 115 cm³/mol. The number of carbonyl (C=O) groups is 6. The molecule has 11 N–H and O–H groups in total. The summed E-state index contributed by atoms with van der Waals surface area (Å²) in [5.74, 6) is -5.85. The molecule has 5 unspecified atom stereocenters. The summed E-state index contributed by atoms with van der Waals surface area (Å²) in [4.78, 5) is 71.0. The maximum atomic E-state index is 12.8. The fraction of sp³-hybridized carbons (Fsp3) is 0.684. The van der Waals surface area contributed by atoms with Crippen molar-refractivity contribution < 1.29 is 39.0 Å². The number of hydrogen-bond donors (Lipinski definition) is 8. The Morgan fingerprint density at radius 3 is 1.67 bits per heavy atom. The Hall–Kier alpha value is -3.26. The lowest BCUT2D eigenvalue weighted by Crippen LogP contribution is -2.59. The molecule has 0 aliphatic heterocycles. The molecule has 14 heteroatoms. The smallest absolute Gasteiger partial charge is 0.328 e. The number of aliphatic hydroxyl groups excluding tert-OH is 1. The van der Waals surface area contributed by atoms with Gasteiger partial charge in [-0.05, 0) is 25.7 Å². The van der Waals surface area contributed by atoms with Crippen LogP contribution in [0.25, 0.3) is 0 Å². The van der Waals surface area contributed by atoms with Crippen molar-refractivity contribution in [3.8, 4) is 0 Å². The highest BCUT2D eigenvalue weighted by Gasteiger charge is 2.33. The molecule has 188 valence electrons. The van der Waals surface area contributed by atoms with Crippen molar-refractivity contribution in [2.75, 3.05) is 0 Å². The largest absolute Gasteiger partial charge is 0.480 e. The van der Waals surface area contributed by atoms with Crippen LogP contribution in [0.4, 0.5) is 0 Å². The first-order valence-electron chi connectivity index (χ1n) is 10.3. The lowest BCUT2D eigenvalue weighted by atomic mass is 10.0. The van der Waals surface area contributed by atoms with E-state index in [0.717, 1.165) is 6.92 Å². The monoisotopic (exact) mass is 474 g/mol. The van der Waals surface area contributed by atoms with Gasteiger partial charge in [0.2, 0.25) is 29.5 Å². The number of amides is 5. The normalized spacial score (nSPS) is 15.5. The van der Waals surface area contributed by atoms with Crippen LogP contribution < -0.4 is 33.2 Å². The fourth-order valence-electron chi connectivity index (χ4n) is 2.68. The lowest BCUT2D eigenvalue weighted by Gasteiger charge is -2.27. The second-order valence-electron chi connectivity index (χ2n) is 7.97. The van der Waals surface area contributed by atoms with Gasteiger partial charge in [-0.25, -0.2) is 4.79 Å². The van der Waals surface area contributed by atoms with Gasteiger partial charge < -0.3 is 43.4 Å². The van der Waals surface area contributed by atoms with Crippen LogP contribution in [-0.2, 0) is 28.8 Å². The number of aliphatic carboxylic acids is 1. The molecule has 0 fully saturated rings. The van der Waals surface area contributed by atoms with Gasteiger partial charge in [-0.2, -0.15) is 0 Å². The average molecular weight is 475 g/mol. The lowest BCUT2D eigenvalue weighted by molar-refractivity contribution is -0.145. The van der Waals surface area contributed by atoms with Crippen molar-refractivity contribution in [2.45, 2.75) is 76.7 Å².